The highest BCUT2D eigenvalue weighted by molar-refractivity contribution is 7.07. The van der Waals surface area contributed by atoms with Gasteiger partial charge in [-0.25, -0.2) is 9.79 Å². The Hall–Kier alpha value is -4.91. The number of nitrogens with zero attached hydrogens (tertiary/aromatic N) is 2. The number of thiazole rings is 1. The summed E-state index contributed by atoms with van der Waals surface area (Å²) in [6, 6.07) is 9.45. The van der Waals surface area contributed by atoms with Crippen LogP contribution in [0.25, 0.3) is 6.08 Å². The topological polar surface area (TPSA) is 152 Å². The van der Waals surface area contributed by atoms with Crippen molar-refractivity contribution in [1.29, 1.82) is 0 Å². The summed E-state index contributed by atoms with van der Waals surface area (Å²) in [6.45, 7) is 6.09. The lowest BCUT2D eigenvalue weighted by Crippen LogP contribution is -2.40. The number of fused-ring (bicyclic) bond motifs is 2. The lowest BCUT2D eigenvalue weighted by Gasteiger charge is -2.25. The number of benzene rings is 2. The van der Waals surface area contributed by atoms with E-state index in [1.165, 1.54) is 29.9 Å². The summed E-state index contributed by atoms with van der Waals surface area (Å²) < 4.78 is 28.7. The zero-order valence-electron chi connectivity index (χ0n) is 23.5. The first-order valence-corrected chi connectivity index (χ1v) is 13.5. The zero-order valence-corrected chi connectivity index (χ0v) is 24.3. The summed E-state index contributed by atoms with van der Waals surface area (Å²) in [5, 5.41) is 7.42. The second-order valence-electron chi connectivity index (χ2n) is 8.94. The van der Waals surface area contributed by atoms with Gasteiger partial charge in [-0.2, -0.15) is 0 Å². The molecular weight excluding hydrogens is 568 g/mol. The average Bonchev–Trinajstić information content (AvgIpc) is 3.51. The van der Waals surface area contributed by atoms with E-state index in [4.69, 9.17) is 33.6 Å². The van der Waals surface area contributed by atoms with E-state index in [0.717, 1.165) is 12.5 Å². The van der Waals surface area contributed by atoms with E-state index >= 15 is 0 Å². The molecule has 0 bridgehead atoms. The number of carbonyl (C=O) groups excluding carboxylic acids is 2. The van der Waals surface area contributed by atoms with Gasteiger partial charge in [0, 0.05) is 13.8 Å². The molecule has 3 aromatic rings. The first-order chi connectivity index (χ1) is 20.0. The zero-order chi connectivity index (χ0) is 30.6. The van der Waals surface area contributed by atoms with Crippen molar-refractivity contribution in [2.24, 2.45) is 4.99 Å². The highest BCUT2D eigenvalue weighted by atomic mass is 32.1. The molecule has 220 valence electrons. The van der Waals surface area contributed by atoms with Gasteiger partial charge < -0.3 is 28.8 Å². The summed E-state index contributed by atoms with van der Waals surface area (Å²) in [4.78, 5) is 52.4. The smallest absolute Gasteiger partial charge is 0.338 e. The molecule has 0 saturated heterocycles. The molecule has 2 aliphatic heterocycles. The van der Waals surface area contributed by atoms with Crippen LogP contribution in [0.4, 0.5) is 0 Å². The molecule has 0 radical (unpaired) electrons. The van der Waals surface area contributed by atoms with Crippen LogP contribution < -0.4 is 33.8 Å². The molecule has 1 unspecified atom stereocenters. The summed E-state index contributed by atoms with van der Waals surface area (Å²) >= 11 is 1.21. The number of allylic oxidation sites excluding steroid dienone is 1. The molecule has 2 aliphatic rings. The third-order valence-corrected chi connectivity index (χ3v) is 6.95. The third-order valence-electron chi connectivity index (χ3n) is 5.97. The van der Waals surface area contributed by atoms with E-state index in [-0.39, 0.29) is 36.0 Å². The normalized spacial score (nSPS) is 15.2. The van der Waals surface area contributed by atoms with E-state index < -0.39 is 23.9 Å². The summed E-state index contributed by atoms with van der Waals surface area (Å²) in [6.07, 6.45) is 1.75. The van der Waals surface area contributed by atoms with Crippen LogP contribution >= 0.6 is 11.3 Å². The van der Waals surface area contributed by atoms with Crippen molar-refractivity contribution in [2.45, 2.75) is 33.7 Å². The van der Waals surface area contributed by atoms with Crippen molar-refractivity contribution >= 4 is 35.3 Å². The quantitative estimate of drug-likeness (QED) is 0.332. The molecular formula is C29H28N2O10S. The molecule has 0 amide bonds. The van der Waals surface area contributed by atoms with Crippen LogP contribution in [0.3, 0.4) is 0 Å². The van der Waals surface area contributed by atoms with Gasteiger partial charge in [-0.1, -0.05) is 23.5 Å². The highest BCUT2D eigenvalue weighted by Gasteiger charge is 2.34. The lowest BCUT2D eigenvalue weighted by molar-refractivity contribution is -0.139. The van der Waals surface area contributed by atoms with Crippen molar-refractivity contribution in [1.82, 2.24) is 4.57 Å². The largest absolute Gasteiger partial charge is 0.493 e. The van der Waals surface area contributed by atoms with E-state index in [2.05, 4.69) is 4.99 Å². The minimum absolute atomic E-state index is 0.149. The van der Waals surface area contributed by atoms with Crippen LogP contribution in [0.5, 0.6) is 23.0 Å². The van der Waals surface area contributed by atoms with Crippen molar-refractivity contribution in [3.05, 3.63) is 78.5 Å². The maximum Gasteiger partial charge on any atom is 0.338 e. The SMILES string of the molecule is CC(=O)O.CCOC(=O)C1=C(C)N=c2sc(=Cc3ccc4c(c3)OCO4)c(=O)n2C1c1ccc(OC(C)=O)c(OC)c1. The lowest BCUT2D eigenvalue weighted by atomic mass is 9.95. The number of hydrogen-bond acceptors (Lipinski definition) is 11. The number of carboxylic acid groups (broad SMARTS) is 1. The molecule has 42 heavy (non-hydrogen) atoms. The Bertz CT molecular complexity index is 1770. The van der Waals surface area contributed by atoms with Gasteiger partial charge in [0.15, 0.2) is 27.8 Å². The Balaban J connectivity index is 0.000000952. The van der Waals surface area contributed by atoms with E-state index in [1.54, 1.807) is 50.3 Å². The number of aliphatic carboxylic acids is 1. The number of rotatable bonds is 6. The molecule has 0 saturated carbocycles. The second kappa shape index (κ2) is 12.7. The molecule has 1 N–H and O–H groups in total. The Labute approximate surface area is 243 Å². The van der Waals surface area contributed by atoms with Crippen molar-refractivity contribution in [3.8, 4) is 23.0 Å². The van der Waals surface area contributed by atoms with Crippen LogP contribution in [-0.4, -0.2) is 48.1 Å². The van der Waals surface area contributed by atoms with E-state index in [9.17, 15) is 14.4 Å². The van der Waals surface area contributed by atoms with Crippen LogP contribution in [0.1, 0.15) is 44.9 Å². The minimum atomic E-state index is -0.843. The Morgan fingerprint density at radius 1 is 1.12 bits per heavy atom. The fourth-order valence-electron chi connectivity index (χ4n) is 4.35. The first-order valence-electron chi connectivity index (χ1n) is 12.7. The average molecular weight is 597 g/mol. The first kappa shape index (κ1) is 30.1. The molecule has 2 aromatic carbocycles. The van der Waals surface area contributed by atoms with Crippen molar-refractivity contribution in [3.63, 3.8) is 0 Å². The fourth-order valence-corrected chi connectivity index (χ4v) is 5.40. The molecule has 1 atom stereocenters. The van der Waals surface area contributed by atoms with Gasteiger partial charge in [-0.05, 0) is 55.3 Å². The molecule has 5 rings (SSSR count). The van der Waals surface area contributed by atoms with Crippen LogP contribution in [-0.2, 0) is 19.1 Å². The maximum atomic E-state index is 13.8. The molecule has 0 spiro atoms. The molecule has 3 heterocycles. The third kappa shape index (κ3) is 6.36. The molecule has 1 aromatic heterocycles. The Morgan fingerprint density at radius 2 is 1.83 bits per heavy atom. The number of hydrogen-bond donors (Lipinski definition) is 1. The standard InChI is InChI=1S/C27H24N2O8S.C2H4O2/c1-5-34-26(32)23-14(2)28-27-29(24(23)17-7-9-19(37-15(3)30)20(12-17)33-4)25(31)22(38-27)11-16-6-8-18-21(10-16)36-13-35-18;1-2(3)4/h6-12,24H,5,13H2,1-4H3;1H3,(H,3,4). The summed E-state index contributed by atoms with van der Waals surface area (Å²) in [5.41, 5.74) is 1.66. The second-order valence-corrected chi connectivity index (χ2v) is 9.95. The van der Waals surface area contributed by atoms with Crippen molar-refractivity contribution in [2.75, 3.05) is 20.5 Å². The molecule has 0 fully saturated rings. The summed E-state index contributed by atoms with van der Waals surface area (Å²) in [5.74, 6) is -0.174. The fraction of sp³-hybridized carbons (Fsp3) is 0.276. The summed E-state index contributed by atoms with van der Waals surface area (Å²) in [7, 11) is 1.44. The number of carboxylic acids is 1. The number of ether oxygens (including phenoxy) is 5. The van der Waals surface area contributed by atoms with Gasteiger partial charge >= 0.3 is 11.9 Å². The number of carbonyl (C=O) groups is 3. The number of aromatic nitrogens is 1. The molecule has 12 nitrogen and oxygen atoms in total. The van der Waals surface area contributed by atoms with Crippen LogP contribution in [0, 0.1) is 0 Å². The molecule has 13 heteroatoms. The van der Waals surface area contributed by atoms with Gasteiger partial charge in [-0.15, -0.1) is 0 Å². The van der Waals surface area contributed by atoms with Gasteiger partial charge in [0.05, 0.1) is 35.6 Å². The van der Waals surface area contributed by atoms with Gasteiger partial charge in [0.2, 0.25) is 6.79 Å². The maximum absolute atomic E-state index is 13.8. The predicted molar refractivity (Wildman–Crippen MR) is 151 cm³/mol. The van der Waals surface area contributed by atoms with Gasteiger partial charge in [-0.3, -0.25) is 19.0 Å². The minimum Gasteiger partial charge on any atom is -0.493 e. The number of methoxy groups -OCH3 is 1. The predicted octanol–water partition coefficient (Wildman–Crippen LogP) is 2.55. The highest BCUT2D eigenvalue weighted by Crippen LogP contribution is 2.36. The number of esters is 2. The van der Waals surface area contributed by atoms with Crippen molar-refractivity contribution < 1.29 is 43.2 Å². The van der Waals surface area contributed by atoms with Gasteiger partial charge in [0.25, 0.3) is 11.5 Å². The Kier molecular flexibility index (Phi) is 9.11. The molecule has 0 aliphatic carbocycles. The monoisotopic (exact) mass is 596 g/mol. The van der Waals surface area contributed by atoms with Crippen LogP contribution in [0.15, 0.2) is 57.5 Å². The van der Waals surface area contributed by atoms with Gasteiger partial charge in [0.1, 0.15) is 0 Å². The Morgan fingerprint density at radius 3 is 2.50 bits per heavy atom. The van der Waals surface area contributed by atoms with E-state index in [0.29, 0.717) is 32.1 Å². The van der Waals surface area contributed by atoms with E-state index in [1.807, 2.05) is 6.07 Å². The van der Waals surface area contributed by atoms with Crippen LogP contribution in [0.2, 0.25) is 0 Å².